The van der Waals surface area contributed by atoms with Crippen LogP contribution in [0.3, 0.4) is 0 Å². The first-order valence-electron chi connectivity index (χ1n) is 10.3. The second kappa shape index (κ2) is 12.2. The van der Waals surface area contributed by atoms with Crippen molar-refractivity contribution in [2.24, 2.45) is 5.90 Å². The molecule has 2 rings (SSSR count). The van der Waals surface area contributed by atoms with Gasteiger partial charge in [-0.2, -0.15) is 22.7 Å². The Labute approximate surface area is 208 Å². The second-order valence-corrected chi connectivity index (χ2v) is 10.7. The average Bonchev–Trinajstić information content (AvgIpc) is 2.78. The van der Waals surface area contributed by atoms with Crippen molar-refractivity contribution in [2.45, 2.75) is 25.4 Å². The average molecular weight is 550 g/mol. The quantitative estimate of drug-likeness (QED) is 0.204. The number of para-hydroxylation sites is 1. The molecule has 0 radical (unpaired) electrons. The van der Waals surface area contributed by atoms with Gasteiger partial charge in [-0.05, 0) is 30.5 Å². The molecular weight excluding hydrogens is 522 g/mol. The van der Waals surface area contributed by atoms with Crippen molar-refractivity contribution in [1.29, 1.82) is 0 Å². The molecule has 13 nitrogen and oxygen atoms in total. The summed E-state index contributed by atoms with van der Waals surface area (Å²) in [5, 5.41) is 10.4. The predicted octanol–water partition coefficient (Wildman–Crippen LogP) is 1.14. The van der Waals surface area contributed by atoms with Gasteiger partial charge in [0.25, 0.3) is 20.2 Å². The zero-order valence-corrected chi connectivity index (χ0v) is 21.0. The molecule has 0 saturated heterocycles. The van der Waals surface area contributed by atoms with Gasteiger partial charge in [-0.15, -0.1) is 0 Å². The van der Waals surface area contributed by atoms with Gasteiger partial charge < -0.3 is 24.2 Å². The van der Waals surface area contributed by atoms with Gasteiger partial charge in [0.05, 0.1) is 20.0 Å². The van der Waals surface area contributed by atoms with Gasteiger partial charge in [0.1, 0.15) is 17.4 Å². The van der Waals surface area contributed by atoms with E-state index in [-0.39, 0.29) is 59.0 Å². The van der Waals surface area contributed by atoms with Crippen LogP contribution in [0.5, 0.6) is 23.0 Å². The minimum atomic E-state index is -4.55. The highest BCUT2D eigenvalue weighted by Gasteiger charge is 2.27. The summed E-state index contributed by atoms with van der Waals surface area (Å²) in [5.74, 6) is 2.13. The molecule has 0 heterocycles. The summed E-state index contributed by atoms with van der Waals surface area (Å²) in [6.45, 7) is 0. The molecule has 0 aromatic heterocycles. The van der Waals surface area contributed by atoms with Crippen molar-refractivity contribution in [1.82, 2.24) is 0 Å². The van der Waals surface area contributed by atoms with E-state index in [1.165, 1.54) is 38.5 Å². The first-order chi connectivity index (χ1) is 16.8. The van der Waals surface area contributed by atoms with Crippen LogP contribution in [0.1, 0.15) is 27.9 Å². The highest BCUT2D eigenvalue weighted by atomic mass is 32.2. The van der Waals surface area contributed by atoms with E-state index < -0.39 is 43.8 Å². The van der Waals surface area contributed by atoms with Gasteiger partial charge in [-0.3, -0.25) is 9.11 Å². The summed E-state index contributed by atoms with van der Waals surface area (Å²) < 4.78 is 79.9. The van der Waals surface area contributed by atoms with Gasteiger partial charge in [0.15, 0.2) is 23.0 Å². The van der Waals surface area contributed by atoms with E-state index in [2.05, 4.69) is 4.84 Å². The third-order valence-corrected chi connectivity index (χ3v) is 6.61. The Morgan fingerprint density at radius 2 is 1.67 bits per heavy atom. The molecule has 0 aliphatic heterocycles. The van der Waals surface area contributed by atoms with Crippen molar-refractivity contribution < 1.29 is 54.9 Å². The fourth-order valence-corrected chi connectivity index (χ4v) is 4.69. The maximum Gasteiger partial charge on any atom is 0.360 e. The summed E-state index contributed by atoms with van der Waals surface area (Å²) in [4.78, 5) is 16.7. The molecule has 2 aromatic rings. The minimum absolute atomic E-state index is 0.00694. The number of hydrogen-bond donors (Lipinski definition) is 4. The van der Waals surface area contributed by atoms with E-state index in [0.29, 0.717) is 0 Å². The van der Waals surface area contributed by atoms with Crippen LogP contribution in [0.15, 0.2) is 30.3 Å². The maximum atomic E-state index is 12.4. The van der Waals surface area contributed by atoms with Crippen LogP contribution in [-0.2, 0) is 37.9 Å². The number of nitrogens with two attached hydrogens (primary N) is 1. The molecule has 0 aliphatic carbocycles. The number of hydrogen-bond acceptors (Lipinski definition) is 11. The van der Waals surface area contributed by atoms with Crippen LogP contribution in [0.2, 0.25) is 0 Å². The molecule has 200 valence electrons. The van der Waals surface area contributed by atoms with Crippen molar-refractivity contribution in [3.05, 3.63) is 47.0 Å². The molecule has 1 atom stereocenters. The monoisotopic (exact) mass is 549 g/mol. The van der Waals surface area contributed by atoms with Crippen LogP contribution in [0.25, 0.3) is 0 Å². The number of carbonyl (C=O) groups excluding carboxylic acids is 1. The molecule has 1 unspecified atom stereocenters. The lowest BCUT2D eigenvalue weighted by atomic mass is 10.0. The number of aryl methyl sites for hydroxylation is 1. The number of aromatic hydroxyl groups is 1. The zero-order valence-electron chi connectivity index (χ0n) is 19.4. The van der Waals surface area contributed by atoms with Crippen LogP contribution in [0, 0.1) is 0 Å². The van der Waals surface area contributed by atoms with Crippen LogP contribution in [0.4, 0.5) is 0 Å². The fourth-order valence-electron chi connectivity index (χ4n) is 3.53. The number of phenolic OH excluding ortho intramolecular Hbond substituents is 1. The molecule has 0 bridgehead atoms. The van der Waals surface area contributed by atoms with Crippen LogP contribution in [-0.4, -0.2) is 68.8 Å². The predicted molar refractivity (Wildman–Crippen MR) is 127 cm³/mol. The van der Waals surface area contributed by atoms with E-state index in [9.17, 15) is 31.3 Å². The zero-order chi connectivity index (χ0) is 27.1. The molecule has 0 spiro atoms. The van der Waals surface area contributed by atoms with Crippen molar-refractivity contribution in [3.63, 3.8) is 0 Å². The Morgan fingerprint density at radius 3 is 2.22 bits per heavy atom. The smallest absolute Gasteiger partial charge is 0.360 e. The summed E-state index contributed by atoms with van der Waals surface area (Å²) in [7, 11) is -6.25. The maximum absolute atomic E-state index is 12.4. The normalized spacial score (nSPS) is 12.6. The van der Waals surface area contributed by atoms with Crippen molar-refractivity contribution >= 4 is 26.2 Å². The molecule has 5 N–H and O–H groups in total. The van der Waals surface area contributed by atoms with E-state index in [1.54, 1.807) is 6.07 Å². The lowest BCUT2D eigenvalue weighted by Crippen LogP contribution is -2.29. The number of rotatable bonds is 13. The number of methoxy groups -OCH3 is 2. The topological polar surface area (TPSA) is 209 Å². The number of phenols is 1. The van der Waals surface area contributed by atoms with E-state index >= 15 is 0 Å². The second-order valence-electron chi connectivity index (χ2n) is 7.59. The van der Waals surface area contributed by atoms with E-state index in [4.69, 9.17) is 24.7 Å². The van der Waals surface area contributed by atoms with E-state index in [1.807, 2.05) is 0 Å². The molecule has 0 amide bonds. The lowest BCUT2D eigenvalue weighted by molar-refractivity contribution is 0.0497. The minimum Gasteiger partial charge on any atom is -0.504 e. The van der Waals surface area contributed by atoms with Crippen LogP contribution >= 0.6 is 0 Å². The molecule has 2 aromatic carbocycles. The molecule has 36 heavy (non-hydrogen) atoms. The Morgan fingerprint density at radius 1 is 0.972 bits per heavy atom. The Bertz CT molecular complexity index is 1290. The van der Waals surface area contributed by atoms with Crippen molar-refractivity contribution in [2.75, 3.05) is 25.7 Å². The lowest BCUT2D eigenvalue weighted by Gasteiger charge is -2.22. The third kappa shape index (κ3) is 8.23. The Hall–Kier alpha value is -3.11. The third-order valence-electron chi connectivity index (χ3n) is 5.01. The summed E-state index contributed by atoms with van der Waals surface area (Å²) in [6.07, 6.45) is -1.50. The Balaban J connectivity index is 2.48. The van der Waals surface area contributed by atoms with Gasteiger partial charge in [0, 0.05) is 12.0 Å². The van der Waals surface area contributed by atoms with Gasteiger partial charge >= 0.3 is 5.97 Å². The largest absolute Gasteiger partial charge is 0.504 e. The fraction of sp³-hybridized carbons (Fsp3) is 0.381. The molecule has 0 saturated carbocycles. The van der Waals surface area contributed by atoms with Gasteiger partial charge in [-0.1, -0.05) is 18.2 Å². The summed E-state index contributed by atoms with van der Waals surface area (Å²) >= 11 is 0. The SMILES string of the molecule is COc1cccc(CC(CS(=O)(=O)O)Oc2ccc(CCCS(=O)(=O)O)c(C(=O)ON)c2OC)c1O. The van der Waals surface area contributed by atoms with Gasteiger partial charge in [0.2, 0.25) is 0 Å². The highest BCUT2D eigenvalue weighted by molar-refractivity contribution is 7.86. The number of ether oxygens (including phenoxy) is 3. The molecule has 0 fully saturated rings. The van der Waals surface area contributed by atoms with Crippen molar-refractivity contribution in [3.8, 4) is 23.0 Å². The Kier molecular flexibility index (Phi) is 9.89. The molecule has 0 aliphatic rings. The summed E-state index contributed by atoms with van der Waals surface area (Å²) in [5.41, 5.74) is 0.308. The first kappa shape index (κ1) is 29.1. The highest BCUT2D eigenvalue weighted by Crippen LogP contribution is 2.37. The number of benzene rings is 2. The number of carbonyl (C=O) groups is 1. The first-order valence-corrected chi connectivity index (χ1v) is 13.5. The standard InChI is InChI=1S/C21H27NO12S2/c1-31-16-7-3-5-14(19(16)23)11-15(12-36(28,29)30)33-17-9-8-13(6-4-10-35(25,26)27)18(20(17)32-2)21(24)34-22/h3,5,7-9,15,23H,4,6,10-12,22H2,1-2H3,(H,25,26,27)(H,28,29,30). The van der Waals surface area contributed by atoms with Crippen LogP contribution < -0.4 is 20.1 Å². The summed E-state index contributed by atoms with van der Waals surface area (Å²) in [6, 6.07) is 7.30. The van der Waals surface area contributed by atoms with Gasteiger partial charge in [-0.25, -0.2) is 4.79 Å². The molecule has 15 heteroatoms. The molecular formula is C21H27NO12S2. The van der Waals surface area contributed by atoms with E-state index in [0.717, 1.165) is 0 Å².